The summed E-state index contributed by atoms with van der Waals surface area (Å²) in [4.78, 5) is 15.2. The van der Waals surface area contributed by atoms with Gasteiger partial charge < -0.3 is 9.38 Å². The Morgan fingerprint density at radius 2 is 1.70 bits per heavy atom. The molecule has 2 aliphatic rings. The van der Waals surface area contributed by atoms with Crippen molar-refractivity contribution in [2.45, 2.75) is 53.0 Å². The van der Waals surface area contributed by atoms with E-state index >= 15 is 0 Å². The van der Waals surface area contributed by atoms with Gasteiger partial charge in [0, 0.05) is 64.2 Å². The third kappa shape index (κ3) is 3.30. The second-order valence-corrected chi connectivity index (χ2v) is 7.23. The first-order chi connectivity index (χ1) is 10.5. The molecule has 2 fully saturated rings. The monoisotopic (exact) mass is 390 g/mol. The minimum Gasteiger partial charge on any atom is -0.314 e. The molecule has 2 heterocycles. The van der Waals surface area contributed by atoms with E-state index in [-0.39, 0.29) is 38.8 Å². The Bertz CT molecular complexity index is 570. The van der Waals surface area contributed by atoms with Gasteiger partial charge in [-0.1, -0.05) is 17.7 Å². The minimum absolute atomic E-state index is 0. The van der Waals surface area contributed by atoms with Crippen LogP contribution in [0.15, 0.2) is 12.1 Å². The van der Waals surface area contributed by atoms with Gasteiger partial charge in [0.1, 0.15) is 0 Å². The molecule has 0 bridgehead atoms. The summed E-state index contributed by atoms with van der Waals surface area (Å²) in [5.74, 6) is 0.360. The molecule has 123 valence electrons. The molecule has 0 N–H and O–H groups in total. The van der Waals surface area contributed by atoms with Gasteiger partial charge in [-0.3, -0.25) is 4.79 Å². The summed E-state index contributed by atoms with van der Waals surface area (Å²) < 4.78 is 1.03. The SMILES string of the molecule is CC[N+]1(C2CCN(c3c(C)cc(C)cc3C)C2=O)CCCC1.[Y]. The second-order valence-electron chi connectivity index (χ2n) is 7.23. The Balaban J connectivity index is 0.00000192. The van der Waals surface area contributed by atoms with Crippen molar-refractivity contribution in [2.75, 3.05) is 31.1 Å². The van der Waals surface area contributed by atoms with Gasteiger partial charge in [-0.2, -0.15) is 0 Å². The average Bonchev–Trinajstić information content (AvgIpc) is 3.06. The number of aryl methyl sites for hydroxylation is 3. The maximum absolute atomic E-state index is 13.2. The van der Waals surface area contributed by atoms with Gasteiger partial charge in [-0.25, -0.2) is 0 Å². The first-order valence-electron chi connectivity index (χ1n) is 8.73. The number of likely N-dealkylation sites (N-methyl/N-ethyl adjacent to an activating group) is 1. The van der Waals surface area contributed by atoms with Gasteiger partial charge in [0.05, 0.1) is 19.6 Å². The van der Waals surface area contributed by atoms with Crippen LogP contribution in [0.2, 0.25) is 0 Å². The Morgan fingerprint density at radius 1 is 1.13 bits per heavy atom. The number of likely N-dealkylation sites (tertiary alicyclic amines) is 1. The molecule has 2 aliphatic heterocycles. The minimum atomic E-state index is 0. The van der Waals surface area contributed by atoms with E-state index in [1.54, 1.807) is 0 Å². The molecule has 3 nitrogen and oxygen atoms in total. The third-order valence-electron chi connectivity index (χ3n) is 5.83. The van der Waals surface area contributed by atoms with Crippen LogP contribution in [0.5, 0.6) is 0 Å². The summed E-state index contributed by atoms with van der Waals surface area (Å²) in [7, 11) is 0. The largest absolute Gasteiger partial charge is 0.314 e. The molecule has 1 aromatic rings. The van der Waals surface area contributed by atoms with Crippen LogP contribution in [0, 0.1) is 20.8 Å². The number of rotatable bonds is 3. The van der Waals surface area contributed by atoms with E-state index in [9.17, 15) is 4.79 Å². The molecule has 3 rings (SSSR count). The first-order valence-corrected chi connectivity index (χ1v) is 8.73. The summed E-state index contributed by atoms with van der Waals surface area (Å²) in [6.45, 7) is 13.0. The zero-order chi connectivity index (χ0) is 15.9. The fourth-order valence-electron chi connectivity index (χ4n) is 4.81. The Labute approximate surface area is 165 Å². The number of carbonyl (C=O) groups is 1. The average molecular weight is 390 g/mol. The standard InChI is InChI=1S/C19H29N2O.Y/c1-5-21(10-6-7-11-21)17-8-9-20(19(17)22)18-15(3)12-14(2)13-16(18)4;/h12-13,17H,5-11H2,1-4H3;/q+1;. The molecule has 4 heteroatoms. The molecule has 1 radical (unpaired) electrons. The van der Waals surface area contributed by atoms with Gasteiger partial charge in [0.25, 0.3) is 5.91 Å². The smallest absolute Gasteiger partial charge is 0.285 e. The molecule has 0 aromatic heterocycles. The normalized spacial score (nSPS) is 23.2. The number of benzene rings is 1. The van der Waals surface area contributed by atoms with Crippen LogP contribution >= 0.6 is 0 Å². The van der Waals surface area contributed by atoms with Crippen molar-refractivity contribution in [1.29, 1.82) is 0 Å². The molecular formula is C19H29N2OY+. The van der Waals surface area contributed by atoms with E-state index in [0.29, 0.717) is 5.91 Å². The quantitative estimate of drug-likeness (QED) is 0.725. The molecule has 1 aromatic carbocycles. The summed E-state index contributed by atoms with van der Waals surface area (Å²) in [6.07, 6.45) is 3.57. The van der Waals surface area contributed by atoms with E-state index in [0.717, 1.165) is 29.7 Å². The fraction of sp³-hybridized carbons (Fsp3) is 0.632. The fourth-order valence-corrected chi connectivity index (χ4v) is 4.81. The summed E-state index contributed by atoms with van der Waals surface area (Å²) in [5, 5.41) is 0. The van der Waals surface area contributed by atoms with E-state index < -0.39 is 0 Å². The topological polar surface area (TPSA) is 20.3 Å². The van der Waals surface area contributed by atoms with Crippen molar-refractivity contribution in [3.05, 3.63) is 28.8 Å². The molecule has 0 saturated carbocycles. The van der Waals surface area contributed by atoms with Crippen LogP contribution in [0.4, 0.5) is 5.69 Å². The van der Waals surface area contributed by atoms with Crippen LogP contribution < -0.4 is 4.90 Å². The Morgan fingerprint density at radius 3 is 2.22 bits per heavy atom. The van der Waals surface area contributed by atoms with Crippen LogP contribution in [0.1, 0.15) is 42.9 Å². The maximum atomic E-state index is 13.2. The van der Waals surface area contributed by atoms with E-state index in [4.69, 9.17) is 0 Å². The molecular weight excluding hydrogens is 361 g/mol. The number of amides is 1. The third-order valence-corrected chi connectivity index (χ3v) is 5.83. The summed E-state index contributed by atoms with van der Waals surface area (Å²) in [5.41, 5.74) is 4.90. The van der Waals surface area contributed by atoms with Crippen LogP contribution in [0.3, 0.4) is 0 Å². The van der Waals surface area contributed by atoms with Crippen molar-refractivity contribution in [3.63, 3.8) is 0 Å². The van der Waals surface area contributed by atoms with Crippen molar-refractivity contribution >= 4 is 11.6 Å². The first kappa shape index (κ1) is 19.1. The molecule has 0 aliphatic carbocycles. The zero-order valence-electron chi connectivity index (χ0n) is 15.1. The van der Waals surface area contributed by atoms with Crippen LogP contribution in [0.25, 0.3) is 0 Å². The van der Waals surface area contributed by atoms with Gasteiger partial charge in [0.2, 0.25) is 0 Å². The van der Waals surface area contributed by atoms with Gasteiger partial charge >= 0.3 is 0 Å². The molecule has 1 unspecified atom stereocenters. The summed E-state index contributed by atoms with van der Waals surface area (Å²) in [6, 6.07) is 4.58. The number of nitrogens with zero attached hydrogens (tertiary/aromatic N) is 2. The molecule has 0 spiro atoms. The van der Waals surface area contributed by atoms with Gasteiger partial charge in [-0.15, -0.1) is 0 Å². The van der Waals surface area contributed by atoms with Crippen molar-refractivity contribution in [2.24, 2.45) is 0 Å². The molecule has 2 saturated heterocycles. The van der Waals surface area contributed by atoms with E-state index in [1.807, 2.05) is 0 Å². The Hall–Kier alpha value is -0.246. The molecule has 1 amide bonds. The maximum Gasteiger partial charge on any atom is 0.285 e. The Kier molecular flexibility index (Phi) is 6.08. The van der Waals surface area contributed by atoms with Crippen molar-refractivity contribution < 1.29 is 42.0 Å². The number of quaternary nitrogens is 1. The van der Waals surface area contributed by atoms with Gasteiger partial charge in [-0.05, 0) is 38.8 Å². The molecule has 1 atom stereocenters. The predicted octanol–water partition coefficient (Wildman–Crippen LogP) is 3.35. The summed E-state index contributed by atoms with van der Waals surface area (Å²) >= 11 is 0. The number of hydrogen-bond acceptors (Lipinski definition) is 1. The van der Waals surface area contributed by atoms with Crippen molar-refractivity contribution in [1.82, 2.24) is 0 Å². The predicted molar refractivity (Wildman–Crippen MR) is 91.2 cm³/mol. The number of carbonyl (C=O) groups excluding carboxylic acids is 1. The van der Waals surface area contributed by atoms with E-state index in [1.165, 1.54) is 42.6 Å². The number of hydrogen-bond donors (Lipinski definition) is 0. The molecule has 23 heavy (non-hydrogen) atoms. The zero-order valence-corrected chi connectivity index (χ0v) is 17.9. The van der Waals surface area contributed by atoms with Crippen molar-refractivity contribution in [3.8, 4) is 0 Å². The second kappa shape index (κ2) is 7.33. The van der Waals surface area contributed by atoms with E-state index in [2.05, 4.69) is 44.7 Å². The number of anilines is 1. The van der Waals surface area contributed by atoms with Crippen LogP contribution in [-0.4, -0.2) is 42.6 Å². The van der Waals surface area contributed by atoms with Gasteiger partial charge in [0.15, 0.2) is 6.04 Å². The van der Waals surface area contributed by atoms with Crippen LogP contribution in [-0.2, 0) is 37.5 Å².